The highest BCUT2D eigenvalue weighted by atomic mass is 32.2. The Morgan fingerprint density at radius 2 is 1.92 bits per heavy atom. The Morgan fingerprint density at radius 3 is 2.48 bits per heavy atom. The van der Waals surface area contributed by atoms with E-state index in [2.05, 4.69) is 16.8 Å². The molecule has 2 rings (SSSR count). The maximum atomic E-state index is 12.5. The predicted octanol–water partition coefficient (Wildman–Crippen LogP) is 1.18. The largest absolute Gasteiger partial charge is 0.353 e. The fraction of sp³-hybridized carbons (Fsp3) is 0.647. The fourth-order valence-corrected chi connectivity index (χ4v) is 3.68. The van der Waals surface area contributed by atoms with Crippen LogP contribution in [0.5, 0.6) is 0 Å². The zero-order valence-corrected chi connectivity index (χ0v) is 15.9. The van der Waals surface area contributed by atoms with Gasteiger partial charge in [0.05, 0.1) is 12.8 Å². The van der Waals surface area contributed by atoms with Gasteiger partial charge in [-0.3, -0.25) is 4.79 Å². The van der Waals surface area contributed by atoms with Crippen LogP contribution in [0.15, 0.2) is 24.4 Å². The minimum absolute atomic E-state index is 0.0634. The third kappa shape index (κ3) is 5.97. The van der Waals surface area contributed by atoms with E-state index in [1.54, 1.807) is 11.1 Å². The van der Waals surface area contributed by atoms with Crippen molar-refractivity contribution in [1.29, 1.82) is 0 Å². The third-order valence-corrected chi connectivity index (χ3v) is 5.65. The Balaban J connectivity index is 1.88. The van der Waals surface area contributed by atoms with Crippen molar-refractivity contribution in [3.8, 4) is 0 Å². The lowest BCUT2D eigenvalue weighted by molar-refractivity contribution is -0.131. The first-order valence-electron chi connectivity index (χ1n) is 8.80. The summed E-state index contributed by atoms with van der Waals surface area (Å²) in [4.78, 5) is 20.7. The third-order valence-electron chi connectivity index (χ3n) is 4.40. The van der Waals surface area contributed by atoms with E-state index in [-0.39, 0.29) is 12.5 Å². The zero-order chi connectivity index (χ0) is 18.3. The smallest absolute Gasteiger partial charge is 0.238 e. The first kappa shape index (κ1) is 19.7. The molecule has 1 aromatic rings. The Morgan fingerprint density at radius 1 is 1.20 bits per heavy atom. The van der Waals surface area contributed by atoms with Crippen LogP contribution in [0.4, 0.5) is 5.82 Å². The molecule has 1 fully saturated rings. The number of nitrogens with zero attached hydrogens (tertiary/aromatic N) is 4. The molecule has 2 heterocycles. The summed E-state index contributed by atoms with van der Waals surface area (Å²) >= 11 is 0. The van der Waals surface area contributed by atoms with Gasteiger partial charge in [-0.15, -0.1) is 0 Å². The number of anilines is 1. The fourth-order valence-electron chi connectivity index (χ4n) is 2.88. The molecule has 1 aromatic heterocycles. The number of carbonyl (C=O) groups is 1. The molecule has 0 aromatic carbocycles. The second kappa shape index (κ2) is 9.15. The van der Waals surface area contributed by atoms with E-state index >= 15 is 0 Å². The molecule has 0 spiro atoms. The van der Waals surface area contributed by atoms with Crippen LogP contribution in [0.25, 0.3) is 0 Å². The maximum Gasteiger partial charge on any atom is 0.238 e. The summed E-state index contributed by atoms with van der Waals surface area (Å²) in [7, 11) is -3.37. The summed E-state index contributed by atoms with van der Waals surface area (Å²) in [5.74, 6) is 0.787. The Bertz CT molecular complexity index is 643. The number of unbranched alkanes of at least 4 members (excludes halogenated alkanes) is 2. The van der Waals surface area contributed by atoms with E-state index in [9.17, 15) is 13.2 Å². The van der Waals surface area contributed by atoms with Crippen LogP contribution in [-0.4, -0.2) is 74.0 Å². The number of hydrogen-bond donors (Lipinski definition) is 0. The van der Waals surface area contributed by atoms with Gasteiger partial charge >= 0.3 is 0 Å². The molecule has 140 valence electrons. The highest BCUT2D eigenvalue weighted by Gasteiger charge is 2.26. The summed E-state index contributed by atoms with van der Waals surface area (Å²) in [6, 6.07) is 5.78. The first-order valence-corrected chi connectivity index (χ1v) is 10.7. The molecular weight excluding hydrogens is 340 g/mol. The van der Waals surface area contributed by atoms with Crippen LogP contribution in [-0.2, 0) is 14.8 Å². The number of piperazine rings is 1. The zero-order valence-electron chi connectivity index (χ0n) is 15.1. The predicted molar refractivity (Wildman–Crippen MR) is 99.0 cm³/mol. The van der Waals surface area contributed by atoms with Crippen LogP contribution >= 0.6 is 0 Å². The Labute approximate surface area is 150 Å². The van der Waals surface area contributed by atoms with Crippen molar-refractivity contribution in [1.82, 2.24) is 14.2 Å². The second-order valence-electron chi connectivity index (χ2n) is 6.36. The van der Waals surface area contributed by atoms with Crippen LogP contribution in [0.3, 0.4) is 0 Å². The molecule has 0 unspecified atom stereocenters. The highest BCUT2D eigenvalue weighted by molar-refractivity contribution is 7.88. The van der Waals surface area contributed by atoms with Gasteiger partial charge in [0, 0.05) is 38.9 Å². The molecule has 0 saturated carbocycles. The van der Waals surface area contributed by atoms with Crippen LogP contribution in [0, 0.1) is 0 Å². The molecule has 0 atom stereocenters. The number of aromatic nitrogens is 1. The van der Waals surface area contributed by atoms with E-state index in [1.165, 1.54) is 10.6 Å². The molecule has 1 saturated heterocycles. The van der Waals surface area contributed by atoms with Gasteiger partial charge in [0.15, 0.2) is 0 Å². The summed E-state index contributed by atoms with van der Waals surface area (Å²) < 4.78 is 25.1. The lowest BCUT2D eigenvalue weighted by Gasteiger charge is -2.36. The summed E-state index contributed by atoms with van der Waals surface area (Å²) in [5, 5.41) is 0. The van der Waals surface area contributed by atoms with E-state index in [1.807, 2.05) is 18.2 Å². The molecule has 1 aliphatic heterocycles. The van der Waals surface area contributed by atoms with Crippen molar-refractivity contribution in [2.45, 2.75) is 26.2 Å². The minimum Gasteiger partial charge on any atom is -0.353 e. The van der Waals surface area contributed by atoms with Crippen molar-refractivity contribution in [3.63, 3.8) is 0 Å². The second-order valence-corrected chi connectivity index (χ2v) is 8.34. The molecule has 8 heteroatoms. The number of hydrogen-bond acceptors (Lipinski definition) is 5. The van der Waals surface area contributed by atoms with Crippen molar-refractivity contribution in [2.75, 3.05) is 50.4 Å². The molecule has 0 aliphatic carbocycles. The number of rotatable bonds is 8. The molecule has 0 radical (unpaired) electrons. The van der Waals surface area contributed by atoms with Gasteiger partial charge in [-0.25, -0.2) is 13.4 Å². The maximum absolute atomic E-state index is 12.5. The molecule has 7 nitrogen and oxygen atoms in total. The van der Waals surface area contributed by atoms with Gasteiger partial charge < -0.3 is 9.80 Å². The topological polar surface area (TPSA) is 73.8 Å². The Hall–Kier alpha value is -1.67. The highest BCUT2D eigenvalue weighted by Crippen LogP contribution is 2.13. The molecule has 25 heavy (non-hydrogen) atoms. The lowest BCUT2D eigenvalue weighted by atomic mass is 10.2. The monoisotopic (exact) mass is 368 g/mol. The van der Waals surface area contributed by atoms with E-state index in [4.69, 9.17) is 0 Å². The molecule has 1 amide bonds. The Kier molecular flexibility index (Phi) is 7.19. The standard InChI is InChI=1S/C17H28N4O3S/c1-3-4-7-10-21(25(2,23)24)15-17(22)20-13-11-19(12-14-20)16-8-5-6-9-18-16/h5-6,8-9H,3-4,7,10-15H2,1-2H3. The van der Waals surface area contributed by atoms with E-state index in [0.29, 0.717) is 32.7 Å². The average molecular weight is 369 g/mol. The van der Waals surface area contributed by atoms with Gasteiger partial charge in [-0.1, -0.05) is 25.8 Å². The first-order chi connectivity index (χ1) is 11.9. The lowest BCUT2D eigenvalue weighted by Crippen LogP contribution is -2.52. The molecule has 0 bridgehead atoms. The van der Waals surface area contributed by atoms with Crippen molar-refractivity contribution in [3.05, 3.63) is 24.4 Å². The molecule has 0 N–H and O–H groups in total. The summed E-state index contributed by atoms with van der Waals surface area (Å²) in [5.41, 5.74) is 0. The number of amides is 1. The van der Waals surface area contributed by atoms with Gasteiger partial charge in [0.25, 0.3) is 0 Å². The van der Waals surface area contributed by atoms with Gasteiger partial charge in [0.1, 0.15) is 5.82 Å². The normalized spacial score (nSPS) is 15.6. The van der Waals surface area contributed by atoms with E-state index < -0.39 is 10.0 Å². The quantitative estimate of drug-likeness (QED) is 0.644. The van der Waals surface area contributed by atoms with Crippen LogP contribution in [0.2, 0.25) is 0 Å². The number of carbonyl (C=O) groups excluding carboxylic acids is 1. The SMILES string of the molecule is CCCCCN(CC(=O)N1CCN(c2ccccn2)CC1)S(C)(=O)=O. The van der Waals surface area contributed by atoms with Crippen molar-refractivity contribution >= 4 is 21.7 Å². The van der Waals surface area contributed by atoms with Gasteiger partial charge in [-0.2, -0.15) is 4.31 Å². The number of pyridine rings is 1. The average Bonchev–Trinajstić information content (AvgIpc) is 2.61. The van der Waals surface area contributed by atoms with Crippen LogP contribution < -0.4 is 4.90 Å². The molecular formula is C17H28N4O3S. The van der Waals surface area contributed by atoms with E-state index in [0.717, 1.165) is 25.1 Å². The van der Waals surface area contributed by atoms with Gasteiger partial charge in [-0.05, 0) is 18.6 Å². The molecule has 1 aliphatic rings. The summed E-state index contributed by atoms with van der Waals surface area (Å²) in [6.45, 7) is 4.99. The summed E-state index contributed by atoms with van der Waals surface area (Å²) in [6.07, 6.45) is 5.69. The minimum atomic E-state index is -3.37. The van der Waals surface area contributed by atoms with Crippen molar-refractivity contribution < 1.29 is 13.2 Å². The number of sulfonamides is 1. The van der Waals surface area contributed by atoms with Crippen molar-refractivity contribution in [2.24, 2.45) is 0 Å². The van der Waals surface area contributed by atoms with Gasteiger partial charge in [0.2, 0.25) is 15.9 Å². The van der Waals surface area contributed by atoms with Crippen LogP contribution in [0.1, 0.15) is 26.2 Å².